The van der Waals surface area contributed by atoms with Crippen LogP contribution in [0.5, 0.6) is 0 Å². The second-order valence-corrected chi connectivity index (χ2v) is 4.69. The smallest absolute Gasteiger partial charge is 0.358 e. The first-order chi connectivity index (χ1) is 9.19. The van der Waals surface area contributed by atoms with Crippen LogP contribution in [0.4, 0.5) is 0 Å². The largest absolute Gasteiger partial charge is 0.476 e. The van der Waals surface area contributed by atoms with E-state index in [1.807, 2.05) is 0 Å². The third kappa shape index (κ3) is 4.00. The number of ether oxygens (including phenoxy) is 2. The van der Waals surface area contributed by atoms with Crippen LogP contribution in [-0.4, -0.2) is 52.0 Å². The number of hydrogen-bond donors (Lipinski definition) is 1. The Morgan fingerprint density at radius 3 is 3.00 bits per heavy atom. The summed E-state index contributed by atoms with van der Waals surface area (Å²) >= 11 is 0. The Bertz CT molecular complexity index is 421. The zero-order valence-corrected chi connectivity index (χ0v) is 11.0. The number of carbonyl (C=O) groups is 1. The zero-order chi connectivity index (χ0) is 13.7. The maximum absolute atomic E-state index is 10.6. The highest BCUT2D eigenvalue weighted by atomic mass is 16.5. The van der Waals surface area contributed by atoms with Crippen molar-refractivity contribution in [3.8, 4) is 0 Å². The topological polar surface area (TPSA) is 86.5 Å². The Balaban J connectivity index is 1.72. The quantitative estimate of drug-likeness (QED) is 0.827. The van der Waals surface area contributed by atoms with E-state index in [-0.39, 0.29) is 11.8 Å². The molecule has 1 aliphatic carbocycles. The maximum atomic E-state index is 10.6. The van der Waals surface area contributed by atoms with E-state index in [2.05, 4.69) is 10.3 Å². The number of aromatic nitrogens is 3. The summed E-state index contributed by atoms with van der Waals surface area (Å²) in [5, 5.41) is 16.0. The van der Waals surface area contributed by atoms with Crippen molar-refractivity contribution in [3.05, 3.63) is 11.9 Å². The fourth-order valence-corrected chi connectivity index (χ4v) is 2.29. The third-order valence-corrected chi connectivity index (χ3v) is 3.34. The molecule has 1 fully saturated rings. The zero-order valence-electron chi connectivity index (χ0n) is 11.0. The minimum Gasteiger partial charge on any atom is -0.476 e. The van der Waals surface area contributed by atoms with Crippen LogP contribution in [0.15, 0.2) is 6.20 Å². The van der Waals surface area contributed by atoms with E-state index in [1.165, 1.54) is 10.9 Å². The number of nitrogens with zero attached hydrogens (tertiary/aromatic N) is 3. The van der Waals surface area contributed by atoms with Crippen molar-refractivity contribution in [2.75, 3.05) is 13.7 Å². The molecule has 1 aromatic rings. The van der Waals surface area contributed by atoms with Crippen LogP contribution in [-0.2, 0) is 16.0 Å². The molecule has 7 heteroatoms. The molecular weight excluding hydrogens is 250 g/mol. The van der Waals surface area contributed by atoms with Crippen LogP contribution in [0.25, 0.3) is 0 Å². The van der Waals surface area contributed by atoms with Gasteiger partial charge in [-0.05, 0) is 25.7 Å². The fourth-order valence-electron chi connectivity index (χ4n) is 2.29. The molecule has 1 aromatic heterocycles. The van der Waals surface area contributed by atoms with Crippen molar-refractivity contribution in [1.29, 1.82) is 0 Å². The molecule has 7 nitrogen and oxygen atoms in total. The van der Waals surface area contributed by atoms with Crippen LogP contribution in [0.2, 0.25) is 0 Å². The number of methoxy groups -OCH3 is 1. The predicted molar refractivity (Wildman–Crippen MR) is 66.0 cm³/mol. The first kappa shape index (κ1) is 14.0. The SMILES string of the molecule is COC1CCCC(OCCn2cc(C(=O)O)nn2)C1. The van der Waals surface area contributed by atoms with Crippen LogP contribution >= 0.6 is 0 Å². The number of aromatic carboxylic acids is 1. The molecule has 0 amide bonds. The Morgan fingerprint density at radius 2 is 2.32 bits per heavy atom. The number of rotatable bonds is 6. The van der Waals surface area contributed by atoms with Crippen LogP contribution in [0, 0.1) is 0 Å². The normalized spacial score (nSPS) is 23.4. The lowest BCUT2D eigenvalue weighted by molar-refractivity contribution is -0.0320. The number of carboxylic acid groups (broad SMARTS) is 1. The van der Waals surface area contributed by atoms with Crippen molar-refractivity contribution in [1.82, 2.24) is 15.0 Å². The Hall–Kier alpha value is -1.47. The van der Waals surface area contributed by atoms with Crippen molar-refractivity contribution < 1.29 is 19.4 Å². The summed E-state index contributed by atoms with van der Waals surface area (Å²) in [6, 6.07) is 0. The summed E-state index contributed by atoms with van der Waals surface area (Å²) in [5.74, 6) is -1.07. The van der Waals surface area contributed by atoms with Gasteiger partial charge in [0.2, 0.25) is 0 Å². The molecule has 2 rings (SSSR count). The molecule has 1 N–H and O–H groups in total. The molecule has 2 atom stereocenters. The van der Waals surface area contributed by atoms with Gasteiger partial charge in [-0.3, -0.25) is 0 Å². The molecule has 19 heavy (non-hydrogen) atoms. The van der Waals surface area contributed by atoms with E-state index < -0.39 is 5.97 Å². The molecule has 0 bridgehead atoms. The molecule has 1 aliphatic rings. The van der Waals surface area contributed by atoms with Gasteiger partial charge in [0.25, 0.3) is 0 Å². The van der Waals surface area contributed by atoms with Gasteiger partial charge in [0, 0.05) is 7.11 Å². The van der Waals surface area contributed by atoms with Crippen LogP contribution in [0.3, 0.4) is 0 Å². The summed E-state index contributed by atoms with van der Waals surface area (Å²) in [4.78, 5) is 10.6. The molecule has 0 aromatic carbocycles. The lowest BCUT2D eigenvalue weighted by Crippen LogP contribution is -2.28. The summed E-state index contributed by atoms with van der Waals surface area (Å²) in [6.45, 7) is 1.01. The van der Waals surface area contributed by atoms with Crippen molar-refractivity contribution >= 4 is 5.97 Å². The van der Waals surface area contributed by atoms with E-state index in [1.54, 1.807) is 7.11 Å². The lowest BCUT2D eigenvalue weighted by Gasteiger charge is -2.28. The summed E-state index contributed by atoms with van der Waals surface area (Å²) in [5.41, 5.74) is -0.0443. The second kappa shape index (κ2) is 6.63. The van der Waals surface area contributed by atoms with Crippen LogP contribution < -0.4 is 0 Å². The molecular formula is C12H19N3O4. The summed E-state index contributed by atoms with van der Waals surface area (Å²) in [7, 11) is 1.73. The van der Waals surface area contributed by atoms with Gasteiger partial charge in [0.05, 0.1) is 31.6 Å². The molecule has 2 unspecified atom stereocenters. The average Bonchev–Trinajstić information content (AvgIpc) is 2.88. The number of carboxylic acids is 1. The van der Waals surface area contributed by atoms with Crippen molar-refractivity contribution in [3.63, 3.8) is 0 Å². The van der Waals surface area contributed by atoms with Gasteiger partial charge in [0.1, 0.15) is 0 Å². The highest BCUT2D eigenvalue weighted by Crippen LogP contribution is 2.22. The van der Waals surface area contributed by atoms with Gasteiger partial charge in [-0.1, -0.05) is 5.21 Å². The average molecular weight is 269 g/mol. The predicted octanol–water partition coefficient (Wildman–Crippen LogP) is 0.950. The van der Waals surface area contributed by atoms with Gasteiger partial charge in [-0.15, -0.1) is 5.10 Å². The minimum absolute atomic E-state index is 0.0443. The number of hydrogen-bond acceptors (Lipinski definition) is 5. The van der Waals surface area contributed by atoms with E-state index >= 15 is 0 Å². The van der Waals surface area contributed by atoms with E-state index in [0.29, 0.717) is 19.3 Å². The van der Waals surface area contributed by atoms with Gasteiger partial charge in [-0.2, -0.15) is 0 Å². The highest BCUT2D eigenvalue weighted by Gasteiger charge is 2.22. The molecule has 0 saturated heterocycles. The first-order valence-corrected chi connectivity index (χ1v) is 6.47. The van der Waals surface area contributed by atoms with Crippen LogP contribution in [0.1, 0.15) is 36.2 Å². The van der Waals surface area contributed by atoms with E-state index in [0.717, 1.165) is 25.7 Å². The third-order valence-electron chi connectivity index (χ3n) is 3.34. The summed E-state index contributed by atoms with van der Waals surface area (Å²) < 4.78 is 12.6. The van der Waals surface area contributed by atoms with E-state index in [4.69, 9.17) is 14.6 Å². The first-order valence-electron chi connectivity index (χ1n) is 6.47. The fraction of sp³-hybridized carbons (Fsp3) is 0.750. The Labute approximate surface area is 111 Å². The summed E-state index contributed by atoms with van der Waals surface area (Å²) in [6.07, 6.45) is 6.12. The standard InChI is InChI=1S/C12H19N3O4/c1-18-9-3-2-4-10(7-9)19-6-5-15-8-11(12(16)17)13-14-15/h8-10H,2-7H2,1H3,(H,16,17). The van der Waals surface area contributed by atoms with Crippen molar-refractivity contribution in [2.45, 2.75) is 44.4 Å². The maximum Gasteiger partial charge on any atom is 0.358 e. The Morgan fingerprint density at radius 1 is 1.53 bits per heavy atom. The molecule has 0 spiro atoms. The van der Waals surface area contributed by atoms with Gasteiger partial charge in [-0.25, -0.2) is 9.48 Å². The van der Waals surface area contributed by atoms with Crippen molar-refractivity contribution in [2.24, 2.45) is 0 Å². The second-order valence-electron chi connectivity index (χ2n) is 4.69. The van der Waals surface area contributed by atoms with Gasteiger partial charge >= 0.3 is 5.97 Å². The Kier molecular flexibility index (Phi) is 4.86. The van der Waals surface area contributed by atoms with E-state index in [9.17, 15) is 4.79 Å². The molecule has 1 saturated carbocycles. The molecule has 0 aliphatic heterocycles. The van der Waals surface area contributed by atoms with Gasteiger partial charge in [0.15, 0.2) is 5.69 Å². The lowest BCUT2D eigenvalue weighted by atomic mass is 9.95. The highest BCUT2D eigenvalue weighted by molar-refractivity contribution is 5.84. The van der Waals surface area contributed by atoms with Gasteiger partial charge < -0.3 is 14.6 Å². The minimum atomic E-state index is -1.07. The molecule has 0 radical (unpaired) electrons. The molecule has 106 valence electrons. The molecule has 1 heterocycles. The monoisotopic (exact) mass is 269 g/mol.